The van der Waals surface area contributed by atoms with E-state index in [1.165, 1.54) is 41.7 Å². The van der Waals surface area contributed by atoms with Crippen LogP contribution in [-0.4, -0.2) is 162 Å². The van der Waals surface area contributed by atoms with Gasteiger partial charge in [0.15, 0.2) is 5.96 Å². The number of hydrogen-bond donors (Lipinski definition) is 15. The van der Waals surface area contributed by atoms with E-state index in [1.807, 2.05) is 19.2 Å². The fourth-order valence-electron chi connectivity index (χ4n) is 8.97. The number of nitrogens with two attached hydrogens (primary N) is 5. The molecule has 0 saturated carbocycles. The lowest BCUT2D eigenvalue weighted by Gasteiger charge is -2.31. The third-order valence-corrected chi connectivity index (χ3v) is 15.4. The number of likely N-dealkylation sites (tertiary alicyclic amines) is 1. The summed E-state index contributed by atoms with van der Waals surface area (Å²) in [5, 5.41) is 37.9. The summed E-state index contributed by atoms with van der Waals surface area (Å²) >= 11 is 3.26. The third kappa shape index (κ3) is 23.4. The Hall–Kier alpha value is -8.67. The molecule has 0 bridgehead atoms. The number of aromatic nitrogens is 2. The lowest BCUT2D eigenvalue weighted by molar-refractivity contribution is -0.145. The van der Waals surface area contributed by atoms with E-state index >= 15 is 0 Å². The minimum atomic E-state index is -1.41. The van der Waals surface area contributed by atoms with Crippen LogP contribution in [0.4, 0.5) is 4.79 Å². The molecule has 472 valence electrons. The third-order valence-electron chi connectivity index (χ3n) is 13.9. The first-order valence-electron chi connectivity index (χ1n) is 28.0. The standard InChI is InChI=1S/C49H70N14O11.C7H13BrN2O2/c1-26(2)39(61-42(67)33(12-8-18-55-49(52)53)57-41(66)32(50)23-38(51)65)45(70)58-34(20-29-14-16-31(64)17-15-29)43(68)62-40(27(3)4)46(71)59-35(22-30-24-54-25-56-30)47(72)63-19-9-13-37(63)44(69)60-36(48(73)74)21-28-10-6-5-7-11-28;1-3-7(8,4-2)5(11)10-6(9)12/h5-7,10-11,14-17,24-27,32-37,39-40,64H,8-9,12-13,18-23,50H2,1-4H3,(H2,51,65)(H,54,56)(H,57,66)(H,58,70)(H,59,71)(H,60,69)(H,61,67)(H,62,68)(H,73,74)(H4,52,53,55);3-4H2,1-2H3,(H3,9,10,11,12)/t32-,33-,34-,35-,36-,37-,39-,40-;/m0./s1. The number of benzene rings is 2. The van der Waals surface area contributed by atoms with Gasteiger partial charge in [-0.05, 0) is 73.6 Å². The van der Waals surface area contributed by atoms with Gasteiger partial charge in [0.1, 0.15) is 52.4 Å². The molecule has 0 radical (unpaired) electrons. The summed E-state index contributed by atoms with van der Waals surface area (Å²) in [5.41, 5.74) is 28.3. The van der Waals surface area contributed by atoms with Crippen LogP contribution < -0.4 is 65.9 Å². The van der Waals surface area contributed by atoms with Gasteiger partial charge in [-0.3, -0.25) is 53.5 Å². The van der Waals surface area contributed by atoms with Crippen LogP contribution in [0.15, 0.2) is 72.1 Å². The van der Waals surface area contributed by atoms with Crippen molar-refractivity contribution in [3.63, 3.8) is 0 Å². The highest BCUT2D eigenvalue weighted by molar-refractivity contribution is 9.10. The highest BCUT2D eigenvalue weighted by atomic mass is 79.9. The molecule has 1 saturated heterocycles. The summed E-state index contributed by atoms with van der Waals surface area (Å²) in [7, 11) is 0. The number of imidazole rings is 1. The number of phenols is 1. The monoisotopic (exact) mass is 1270 g/mol. The van der Waals surface area contributed by atoms with Crippen molar-refractivity contribution in [2.75, 3.05) is 13.1 Å². The normalized spacial score (nSPS) is 15.3. The zero-order valence-corrected chi connectivity index (χ0v) is 50.7. The fourth-order valence-corrected chi connectivity index (χ4v) is 9.07. The lowest BCUT2D eigenvalue weighted by atomic mass is 9.98. The van der Waals surface area contributed by atoms with Crippen LogP contribution in [0, 0.1) is 11.8 Å². The number of nitrogens with one attached hydrogen (secondary N) is 8. The molecule has 1 aliphatic heterocycles. The average Bonchev–Trinajstić information content (AvgIpc) is 4.20. The lowest BCUT2D eigenvalue weighted by Crippen LogP contribution is -2.62. The molecule has 86 heavy (non-hydrogen) atoms. The molecule has 2 aromatic carbocycles. The molecule has 1 aliphatic rings. The number of aromatic amines is 1. The van der Waals surface area contributed by atoms with Gasteiger partial charge in [0.25, 0.3) is 0 Å². The highest BCUT2D eigenvalue weighted by Crippen LogP contribution is 2.26. The molecular formula is C56H83BrN16O13. The summed E-state index contributed by atoms with van der Waals surface area (Å²) in [6, 6.07) is 3.36. The number of aromatic hydroxyl groups is 1. The number of aliphatic imine (C=N–C) groups is 1. The first kappa shape index (κ1) is 71.6. The van der Waals surface area contributed by atoms with Crippen molar-refractivity contribution in [1.29, 1.82) is 0 Å². The molecule has 0 spiro atoms. The van der Waals surface area contributed by atoms with Crippen molar-refractivity contribution in [2.45, 2.75) is 158 Å². The number of carbonyl (C=O) groups is 11. The number of carboxylic acids is 1. The van der Waals surface area contributed by atoms with Crippen LogP contribution >= 0.6 is 15.9 Å². The molecule has 4 rings (SSSR count). The van der Waals surface area contributed by atoms with Crippen LogP contribution in [0.5, 0.6) is 5.75 Å². The van der Waals surface area contributed by atoms with Gasteiger partial charge in [0.05, 0.1) is 18.8 Å². The fraction of sp³-hybridized carbons (Fsp3) is 0.518. The number of imide groups is 1. The maximum atomic E-state index is 14.5. The van der Waals surface area contributed by atoms with E-state index in [4.69, 9.17) is 28.7 Å². The predicted molar refractivity (Wildman–Crippen MR) is 320 cm³/mol. The van der Waals surface area contributed by atoms with Crippen molar-refractivity contribution >= 4 is 87.1 Å². The molecular weight excluding hydrogens is 1180 g/mol. The number of carbonyl (C=O) groups excluding carboxylic acids is 10. The molecule has 8 atom stereocenters. The Morgan fingerprint density at radius 1 is 0.721 bits per heavy atom. The Bertz CT molecular complexity index is 2820. The van der Waals surface area contributed by atoms with E-state index in [0.717, 1.165) is 0 Å². The van der Waals surface area contributed by atoms with Gasteiger partial charge in [0.2, 0.25) is 53.2 Å². The molecule has 2 heterocycles. The number of carboxylic acid groups (broad SMARTS) is 1. The smallest absolute Gasteiger partial charge is 0.326 e. The summed E-state index contributed by atoms with van der Waals surface area (Å²) in [5.74, 6) is -9.42. The first-order chi connectivity index (χ1) is 40.5. The maximum Gasteiger partial charge on any atom is 0.326 e. The average molecular weight is 1270 g/mol. The molecule has 0 unspecified atom stereocenters. The van der Waals surface area contributed by atoms with Gasteiger partial charge in [-0.1, -0.05) is 99.9 Å². The second-order valence-electron chi connectivity index (χ2n) is 21.3. The Morgan fingerprint density at radius 3 is 1.78 bits per heavy atom. The Balaban J connectivity index is 0.00000144. The number of H-pyrrole nitrogens is 1. The summed E-state index contributed by atoms with van der Waals surface area (Å²) < 4.78 is -0.665. The minimum Gasteiger partial charge on any atom is -0.508 e. The van der Waals surface area contributed by atoms with E-state index in [9.17, 15) is 63.0 Å². The van der Waals surface area contributed by atoms with Crippen LogP contribution in [0.25, 0.3) is 0 Å². The van der Waals surface area contributed by atoms with Crippen LogP contribution in [0.1, 0.15) is 103 Å². The number of aliphatic carboxylic acids is 1. The molecule has 0 aliphatic carbocycles. The molecule has 1 aromatic heterocycles. The largest absolute Gasteiger partial charge is 0.508 e. The molecule has 3 aromatic rings. The summed E-state index contributed by atoms with van der Waals surface area (Å²) in [4.78, 5) is 156. The van der Waals surface area contributed by atoms with Gasteiger partial charge in [0, 0.05) is 44.2 Å². The van der Waals surface area contributed by atoms with Crippen LogP contribution in [0.2, 0.25) is 0 Å². The molecule has 11 amide bonds. The van der Waals surface area contributed by atoms with Crippen molar-refractivity contribution in [3.8, 4) is 5.75 Å². The van der Waals surface area contributed by atoms with Gasteiger partial charge in [-0.25, -0.2) is 14.6 Å². The first-order valence-corrected chi connectivity index (χ1v) is 28.8. The van der Waals surface area contributed by atoms with Gasteiger partial charge in [-0.2, -0.15) is 0 Å². The van der Waals surface area contributed by atoms with E-state index < -0.39 is 130 Å². The maximum absolute atomic E-state index is 14.5. The van der Waals surface area contributed by atoms with Gasteiger partial charge in [-0.15, -0.1) is 0 Å². The zero-order valence-electron chi connectivity index (χ0n) is 49.1. The number of hydrogen-bond acceptors (Lipinski definition) is 15. The minimum absolute atomic E-state index is 0.000444. The number of phenolic OH excluding ortho intramolecular Hbond substituents is 1. The highest BCUT2D eigenvalue weighted by Gasteiger charge is 2.41. The number of urea groups is 1. The van der Waals surface area contributed by atoms with Crippen molar-refractivity contribution in [2.24, 2.45) is 45.5 Å². The van der Waals surface area contributed by atoms with E-state index in [-0.39, 0.29) is 69.2 Å². The Labute approximate surface area is 506 Å². The van der Waals surface area contributed by atoms with E-state index in [1.54, 1.807) is 58.0 Å². The second-order valence-corrected chi connectivity index (χ2v) is 22.8. The molecule has 30 heteroatoms. The number of rotatable bonds is 31. The van der Waals surface area contributed by atoms with E-state index in [2.05, 4.69) is 62.8 Å². The SMILES string of the molecule is CC(C)[C@H](NC(=O)[C@H](CCCN=C(N)N)NC(=O)[C@@H](N)CC(N)=O)C(=O)N[C@@H](Cc1ccc(O)cc1)C(=O)N[C@H](C(=O)N[C@@H](Cc1cnc[nH]1)C(=O)N1CCC[C@H]1C(=O)N[C@@H](Cc1ccccc1)C(=O)O)C(C)C.CCC(Br)(CC)C(=O)NC(N)=O. The summed E-state index contributed by atoms with van der Waals surface area (Å²) in [6.45, 7) is 10.5. The quantitative estimate of drug-likeness (QED) is 0.0156. The van der Waals surface area contributed by atoms with Gasteiger partial charge >= 0.3 is 12.0 Å². The topological polar surface area (TPSA) is 487 Å². The Kier molecular flexibility index (Phi) is 29.1. The summed E-state index contributed by atoms with van der Waals surface area (Å²) in [6.07, 6.45) is 4.09. The predicted octanol–water partition coefficient (Wildman–Crippen LogP) is -1.17. The number of primary amides is 2. The molecule has 29 nitrogen and oxygen atoms in total. The second kappa shape index (κ2) is 34.9. The number of nitrogens with zero attached hydrogens (tertiary/aromatic N) is 3. The van der Waals surface area contributed by atoms with Crippen molar-refractivity contribution < 1.29 is 63.0 Å². The van der Waals surface area contributed by atoms with Crippen molar-refractivity contribution in [3.05, 3.63) is 83.9 Å². The van der Waals surface area contributed by atoms with Crippen LogP contribution in [-0.2, 0) is 67.2 Å². The molecule has 1 fully saturated rings. The Morgan fingerprint density at radius 2 is 1.27 bits per heavy atom. The number of amides is 11. The molecule has 20 N–H and O–H groups in total. The number of alkyl halides is 1. The van der Waals surface area contributed by atoms with Crippen LogP contribution in [0.3, 0.4) is 0 Å². The van der Waals surface area contributed by atoms with Crippen molar-refractivity contribution in [1.82, 2.24) is 52.1 Å². The van der Waals surface area contributed by atoms with E-state index in [0.29, 0.717) is 36.1 Å². The number of halogens is 1. The number of guanidine groups is 1. The van der Waals surface area contributed by atoms with Gasteiger partial charge < -0.3 is 80.7 Å². The zero-order chi connectivity index (χ0) is 64.4.